The smallest absolute Gasteiger partial charge is 0.264 e. The van der Waals surface area contributed by atoms with Crippen molar-refractivity contribution in [1.82, 2.24) is 4.47 Å². The highest BCUT2D eigenvalue weighted by molar-refractivity contribution is 7.89. The largest absolute Gasteiger partial charge is 0.315 e. The molecule has 2 rings (SSSR count). The van der Waals surface area contributed by atoms with E-state index in [1.807, 2.05) is 13.8 Å². The van der Waals surface area contributed by atoms with Gasteiger partial charge in [-0.15, -0.1) is 0 Å². The molecule has 1 heterocycles. The van der Waals surface area contributed by atoms with Gasteiger partial charge >= 0.3 is 0 Å². The van der Waals surface area contributed by atoms with Crippen LogP contribution in [-0.4, -0.2) is 40.0 Å². The molecule has 0 aromatic heterocycles. The Morgan fingerprint density at radius 1 is 1.33 bits per heavy atom. The summed E-state index contributed by atoms with van der Waals surface area (Å²) >= 11 is 0. The molecule has 1 aromatic carbocycles. The van der Waals surface area contributed by atoms with Crippen LogP contribution in [-0.2, 0) is 25.1 Å². The second-order valence-corrected chi connectivity index (χ2v) is 7.73. The van der Waals surface area contributed by atoms with Gasteiger partial charge in [0.05, 0.1) is 12.0 Å². The fourth-order valence-corrected chi connectivity index (χ4v) is 3.48. The maximum Gasteiger partial charge on any atom is 0.264 e. The van der Waals surface area contributed by atoms with Gasteiger partial charge in [-0.1, -0.05) is 18.3 Å². The Kier molecular flexibility index (Phi) is 3.86. The third kappa shape index (κ3) is 2.56. The highest BCUT2D eigenvalue weighted by Crippen LogP contribution is 2.40. The molecule has 116 valence electrons. The molecule has 7 heteroatoms. The molecule has 0 atom stereocenters. The van der Waals surface area contributed by atoms with Crippen LogP contribution in [0.5, 0.6) is 0 Å². The zero-order valence-electron chi connectivity index (χ0n) is 12.9. The summed E-state index contributed by atoms with van der Waals surface area (Å²) in [5.74, 6) is 0.0251. The number of carbonyl (C=O) groups excluding carboxylic acids is 1. The first-order valence-corrected chi connectivity index (χ1v) is 7.99. The van der Waals surface area contributed by atoms with Gasteiger partial charge in [-0.2, -0.15) is 0 Å². The maximum atomic E-state index is 12.3. The summed E-state index contributed by atoms with van der Waals surface area (Å²) in [7, 11) is 0.645. The molecule has 1 aliphatic heterocycles. The minimum absolute atomic E-state index is 0.0251. The minimum Gasteiger partial charge on any atom is -0.315 e. The van der Waals surface area contributed by atoms with E-state index < -0.39 is 15.4 Å². The first-order valence-electron chi connectivity index (χ1n) is 6.55. The maximum absolute atomic E-state index is 12.3. The van der Waals surface area contributed by atoms with Crippen LogP contribution in [0.4, 0.5) is 5.69 Å². The molecule has 1 aliphatic rings. The van der Waals surface area contributed by atoms with Crippen LogP contribution in [0.3, 0.4) is 0 Å². The third-order valence-corrected chi connectivity index (χ3v) is 5.59. The Hall–Kier alpha value is -1.44. The van der Waals surface area contributed by atoms with Crippen molar-refractivity contribution in [2.45, 2.75) is 30.6 Å². The second-order valence-electron chi connectivity index (χ2n) is 5.79. The molecule has 0 fully saturated rings. The Bertz CT molecular complexity index is 682. The first-order chi connectivity index (χ1) is 9.61. The lowest BCUT2D eigenvalue weighted by Crippen LogP contribution is -2.39. The van der Waals surface area contributed by atoms with Gasteiger partial charge < -0.3 is 4.90 Å². The molecule has 0 unspecified atom stereocenters. The Morgan fingerprint density at radius 2 is 1.95 bits per heavy atom. The van der Waals surface area contributed by atoms with Crippen LogP contribution in [0, 0.1) is 0 Å². The van der Waals surface area contributed by atoms with Crippen LogP contribution in [0.1, 0.15) is 25.8 Å². The number of fused-ring (bicyclic) bond motifs is 1. The number of benzene rings is 1. The van der Waals surface area contributed by atoms with E-state index in [1.165, 1.54) is 20.2 Å². The predicted molar refractivity (Wildman–Crippen MR) is 79.5 cm³/mol. The lowest BCUT2D eigenvalue weighted by Gasteiger charge is -2.37. The van der Waals surface area contributed by atoms with Crippen molar-refractivity contribution in [3.05, 3.63) is 23.8 Å². The van der Waals surface area contributed by atoms with Crippen molar-refractivity contribution >= 4 is 21.6 Å². The van der Waals surface area contributed by atoms with Gasteiger partial charge in [-0.3, -0.25) is 9.63 Å². The van der Waals surface area contributed by atoms with Crippen molar-refractivity contribution < 1.29 is 18.0 Å². The molecule has 0 N–H and O–H groups in total. The molecule has 0 aliphatic carbocycles. The number of anilines is 1. The number of amides is 1. The number of carbonyl (C=O) groups is 1. The average Bonchev–Trinajstić information content (AvgIpc) is 2.43. The molecule has 0 saturated carbocycles. The number of hydroxylamine groups is 1. The SMILES string of the molecule is CON(C)S(=O)(=O)c1ccc2c(c1)C(C)(C)CC(=O)N2C. The van der Waals surface area contributed by atoms with Crippen molar-refractivity contribution in [1.29, 1.82) is 0 Å². The molecule has 6 nitrogen and oxygen atoms in total. The highest BCUT2D eigenvalue weighted by atomic mass is 32.2. The van der Waals surface area contributed by atoms with Gasteiger partial charge in [0.2, 0.25) is 5.91 Å². The Labute approximate surface area is 125 Å². The highest BCUT2D eigenvalue weighted by Gasteiger charge is 2.36. The quantitative estimate of drug-likeness (QED) is 0.794. The van der Waals surface area contributed by atoms with Crippen LogP contribution < -0.4 is 4.90 Å². The van der Waals surface area contributed by atoms with Crippen molar-refractivity contribution in [2.75, 3.05) is 26.1 Å². The second kappa shape index (κ2) is 5.08. The molecule has 0 radical (unpaired) electrons. The summed E-state index contributed by atoms with van der Waals surface area (Å²) in [5.41, 5.74) is 1.18. The standard InChI is InChI=1S/C14H20N2O4S/c1-14(2)9-13(17)15(3)12-7-6-10(8-11(12)14)21(18,19)16(4)20-5/h6-8H,9H2,1-5H3. The summed E-state index contributed by atoms with van der Waals surface area (Å²) in [5, 5.41) is 0. The molecule has 1 amide bonds. The first kappa shape index (κ1) is 15.9. The molecule has 0 saturated heterocycles. The predicted octanol–water partition coefficient (Wildman–Crippen LogP) is 1.51. The van der Waals surface area contributed by atoms with Crippen LogP contribution in [0.15, 0.2) is 23.1 Å². The molecule has 21 heavy (non-hydrogen) atoms. The van der Waals surface area contributed by atoms with Crippen LogP contribution in [0.2, 0.25) is 0 Å². The summed E-state index contributed by atoms with van der Waals surface area (Å²) in [6, 6.07) is 4.79. The van der Waals surface area contributed by atoms with E-state index in [9.17, 15) is 13.2 Å². The van der Waals surface area contributed by atoms with E-state index in [-0.39, 0.29) is 10.8 Å². The number of hydrogen-bond acceptors (Lipinski definition) is 4. The van der Waals surface area contributed by atoms with Gasteiger partial charge in [0, 0.05) is 31.6 Å². The summed E-state index contributed by atoms with van der Waals surface area (Å²) in [6.45, 7) is 3.88. The van der Waals surface area contributed by atoms with E-state index in [0.29, 0.717) is 6.42 Å². The van der Waals surface area contributed by atoms with Crippen LogP contribution in [0.25, 0.3) is 0 Å². The fraction of sp³-hybridized carbons (Fsp3) is 0.500. The zero-order chi connectivity index (χ0) is 16.0. The molecule has 0 bridgehead atoms. The summed E-state index contributed by atoms with van der Waals surface area (Å²) in [6.07, 6.45) is 0.347. The molecular formula is C14H20N2O4S. The van der Waals surface area contributed by atoms with Gasteiger partial charge in [0.1, 0.15) is 0 Å². The number of nitrogens with zero attached hydrogens (tertiary/aromatic N) is 2. The number of sulfonamides is 1. The zero-order valence-corrected chi connectivity index (χ0v) is 13.7. The van der Waals surface area contributed by atoms with Crippen molar-refractivity contribution in [2.24, 2.45) is 0 Å². The monoisotopic (exact) mass is 312 g/mol. The topological polar surface area (TPSA) is 66.9 Å². The normalized spacial score (nSPS) is 18.0. The van der Waals surface area contributed by atoms with E-state index in [2.05, 4.69) is 0 Å². The third-order valence-electron chi connectivity index (χ3n) is 3.92. The molecular weight excluding hydrogens is 292 g/mol. The van der Waals surface area contributed by atoms with Gasteiger partial charge in [-0.25, -0.2) is 8.42 Å². The Morgan fingerprint density at radius 3 is 2.52 bits per heavy atom. The number of rotatable bonds is 3. The number of hydrogen-bond donors (Lipinski definition) is 0. The van der Waals surface area contributed by atoms with Gasteiger partial charge in [-0.05, 0) is 23.8 Å². The van der Waals surface area contributed by atoms with E-state index in [1.54, 1.807) is 24.1 Å². The minimum atomic E-state index is -3.70. The van der Waals surface area contributed by atoms with E-state index in [0.717, 1.165) is 15.7 Å². The molecule has 0 spiro atoms. The van der Waals surface area contributed by atoms with Crippen molar-refractivity contribution in [3.63, 3.8) is 0 Å². The van der Waals surface area contributed by atoms with Crippen molar-refractivity contribution in [3.8, 4) is 0 Å². The Balaban J connectivity index is 2.61. The fourth-order valence-electron chi connectivity index (χ4n) is 2.48. The van der Waals surface area contributed by atoms with Crippen LogP contribution >= 0.6 is 0 Å². The average molecular weight is 312 g/mol. The van der Waals surface area contributed by atoms with E-state index >= 15 is 0 Å². The molecule has 1 aromatic rings. The van der Waals surface area contributed by atoms with Gasteiger partial charge in [0.25, 0.3) is 10.0 Å². The summed E-state index contributed by atoms with van der Waals surface area (Å²) in [4.78, 5) is 18.5. The van der Waals surface area contributed by atoms with E-state index in [4.69, 9.17) is 4.84 Å². The lowest BCUT2D eigenvalue weighted by molar-refractivity contribution is -0.119. The summed E-state index contributed by atoms with van der Waals surface area (Å²) < 4.78 is 25.5. The van der Waals surface area contributed by atoms with Gasteiger partial charge in [0.15, 0.2) is 0 Å². The lowest BCUT2D eigenvalue weighted by atomic mass is 9.77.